The smallest absolute Gasteiger partial charge is 0.272 e. The number of carbonyl (C=O) groups is 2. The summed E-state index contributed by atoms with van der Waals surface area (Å²) in [5.41, 5.74) is 1.43. The number of aliphatic hydroxyl groups excluding tert-OH is 1. The van der Waals surface area contributed by atoms with Crippen LogP contribution >= 0.6 is 11.6 Å². The zero-order chi connectivity index (χ0) is 20.1. The van der Waals surface area contributed by atoms with Gasteiger partial charge in [-0.05, 0) is 31.4 Å². The first kappa shape index (κ1) is 21.4. The van der Waals surface area contributed by atoms with Crippen LogP contribution in [0.2, 0.25) is 5.02 Å². The van der Waals surface area contributed by atoms with Gasteiger partial charge in [-0.25, -0.2) is 10.5 Å². The predicted molar refractivity (Wildman–Crippen MR) is 102 cm³/mol. The highest BCUT2D eigenvalue weighted by Crippen LogP contribution is 2.24. The van der Waals surface area contributed by atoms with E-state index < -0.39 is 17.9 Å². The van der Waals surface area contributed by atoms with E-state index in [2.05, 4.69) is 9.88 Å². The topological polar surface area (TPSA) is 106 Å². The quantitative estimate of drug-likeness (QED) is 0.492. The Hall–Kier alpha value is -1.90. The summed E-state index contributed by atoms with van der Waals surface area (Å²) in [4.78, 5) is 32.8. The van der Waals surface area contributed by atoms with Gasteiger partial charge in [-0.2, -0.15) is 0 Å². The van der Waals surface area contributed by atoms with Crippen molar-refractivity contribution in [3.63, 3.8) is 0 Å². The van der Waals surface area contributed by atoms with E-state index in [1.807, 2.05) is 26.8 Å². The molecule has 2 unspecified atom stereocenters. The minimum absolute atomic E-state index is 0.106. The molecule has 9 heteroatoms. The van der Waals surface area contributed by atoms with Gasteiger partial charge < -0.3 is 14.9 Å². The molecule has 1 aromatic rings. The first-order valence-electron chi connectivity index (χ1n) is 9.03. The molecule has 0 bridgehead atoms. The van der Waals surface area contributed by atoms with Gasteiger partial charge in [0.25, 0.3) is 5.91 Å². The molecule has 3 atom stereocenters. The molecule has 2 amide bonds. The number of amides is 2. The van der Waals surface area contributed by atoms with Crippen LogP contribution in [0.5, 0.6) is 0 Å². The van der Waals surface area contributed by atoms with Gasteiger partial charge in [-0.3, -0.25) is 14.8 Å². The number of rotatable bonds is 6. The third-order valence-corrected chi connectivity index (χ3v) is 4.97. The molecule has 27 heavy (non-hydrogen) atoms. The number of piperazine rings is 1. The zero-order valence-corrected chi connectivity index (χ0v) is 16.6. The molecule has 2 heterocycles. The van der Waals surface area contributed by atoms with Crippen LogP contribution in [0.15, 0.2) is 18.3 Å². The van der Waals surface area contributed by atoms with Crippen molar-refractivity contribution in [1.82, 2.24) is 15.4 Å². The number of carbonyl (C=O) groups excluding carboxylic acids is 2. The maximum atomic E-state index is 13.0. The van der Waals surface area contributed by atoms with Gasteiger partial charge in [0.2, 0.25) is 5.91 Å². The lowest BCUT2D eigenvalue weighted by Gasteiger charge is -2.42. The molecule has 0 aliphatic carbocycles. The van der Waals surface area contributed by atoms with Gasteiger partial charge in [-0.15, -0.1) is 0 Å². The Kier molecular flexibility index (Phi) is 7.41. The summed E-state index contributed by atoms with van der Waals surface area (Å²) in [5, 5.41) is 19.6. The first-order valence-corrected chi connectivity index (χ1v) is 9.41. The highest BCUT2D eigenvalue weighted by atomic mass is 35.5. The van der Waals surface area contributed by atoms with E-state index in [1.54, 1.807) is 17.2 Å². The van der Waals surface area contributed by atoms with Crippen molar-refractivity contribution in [3.8, 4) is 0 Å². The Balaban J connectivity index is 2.10. The molecule has 0 saturated carbocycles. The molecule has 1 saturated heterocycles. The fraction of sp³-hybridized carbons (Fsp3) is 0.611. The fourth-order valence-electron chi connectivity index (χ4n) is 3.38. The van der Waals surface area contributed by atoms with E-state index in [-0.39, 0.29) is 17.9 Å². The highest BCUT2D eigenvalue weighted by Gasteiger charge is 2.38. The number of nitrogens with zero attached hydrogens (tertiary/aromatic N) is 3. The largest absolute Gasteiger partial charge is 0.382 e. The molecule has 0 aromatic carbocycles. The van der Waals surface area contributed by atoms with Crippen LogP contribution in [0, 0.1) is 11.8 Å². The lowest BCUT2D eigenvalue weighted by Crippen LogP contribution is -2.57. The number of aromatic nitrogens is 1. The van der Waals surface area contributed by atoms with Crippen LogP contribution in [0.1, 0.15) is 27.2 Å². The SMILES string of the molecule is CC(C)C[C@H](C(=O)N1CCN(c2ccc(Cl)cn2)CC1C)C(O)C(=O)NO. The number of hydrogen-bond acceptors (Lipinski definition) is 6. The molecule has 1 aliphatic heterocycles. The van der Waals surface area contributed by atoms with Crippen molar-refractivity contribution in [3.05, 3.63) is 23.4 Å². The zero-order valence-electron chi connectivity index (χ0n) is 15.8. The number of hydroxylamine groups is 1. The average molecular weight is 399 g/mol. The lowest BCUT2D eigenvalue weighted by molar-refractivity contribution is -0.152. The minimum Gasteiger partial charge on any atom is -0.382 e. The summed E-state index contributed by atoms with van der Waals surface area (Å²) in [5.74, 6) is -1.26. The highest BCUT2D eigenvalue weighted by molar-refractivity contribution is 6.30. The number of anilines is 1. The van der Waals surface area contributed by atoms with Crippen LogP contribution in [0.3, 0.4) is 0 Å². The monoisotopic (exact) mass is 398 g/mol. The number of hydrogen-bond donors (Lipinski definition) is 3. The summed E-state index contributed by atoms with van der Waals surface area (Å²) in [6.45, 7) is 7.37. The molecule has 0 radical (unpaired) electrons. The Bertz CT molecular complexity index is 655. The summed E-state index contributed by atoms with van der Waals surface area (Å²) >= 11 is 5.88. The maximum absolute atomic E-state index is 13.0. The van der Waals surface area contributed by atoms with E-state index in [4.69, 9.17) is 16.8 Å². The van der Waals surface area contributed by atoms with E-state index in [1.165, 1.54) is 5.48 Å². The van der Waals surface area contributed by atoms with Crippen molar-refractivity contribution < 1.29 is 19.9 Å². The van der Waals surface area contributed by atoms with Gasteiger partial charge in [-0.1, -0.05) is 25.4 Å². The van der Waals surface area contributed by atoms with Crippen molar-refractivity contribution in [2.24, 2.45) is 11.8 Å². The van der Waals surface area contributed by atoms with Gasteiger partial charge in [0.05, 0.1) is 10.9 Å². The molecule has 3 N–H and O–H groups in total. The molecule has 2 rings (SSSR count). The van der Waals surface area contributed by atoms with Gasteiger partial charge in [0, 0.05) is 31.9 Å². The van der Waals surface area contributed by atoms with Crippen LogP contribution in [-0.2, 0) is 9.59 Å². The van der Waals surface area contributed by atoms with Crippen LogP contribution in [0.4, 0.5) is 5.82 Å². The lowest BCUT2D eigenvalue weighted by atomic mass is 9.89. The van der Waals surface area contributed by atoms with Crippen LogP contribution in [-0.4, -0.2) is 63.8 Å². The Morgan fingerprint density at radius 2 is 2.07 bits per heavy atom. The van der Waals surface area contributed by atoms with E-state index in [9.17, 15) is 14.7 Å². The van der Waals surface area contributed by atoms with Crippen molar-refractivity contribution in [2.75, 3.05) is 24.5 Å². The van der Waals surface area contributed by atoms with Crippen molar-refractivity contribution in [1.29, 1.82) is 0 Å². The molecule has 150 valence electrons. The number of aliphatic hydroxyl groups is 1. The Morgan fingerprint density at radius 1 is 1.37 bits per heavy atom. The number of nitrogens with one attached hydrogen (secondary N) is 1. The van der Waals surface area contributed by atoms with Crippen LogP contribution in [0.25, 0.3) is 0 Å². The first-order chi connectivity index (χ1) is 12.7. The van der Waals surface area contributed by atoms with Crippen molar-refractivity contribution in [2.45, 2.75) is 39.3 Å². The molecule has 8 nitrogen and oxygen atoms in total. The predicted octanol–water partition coefficient (Wildman–Crippen LogP) is 1.30. The molecular weight excluding hydrogens is 372 g/mol. The average Bonchev–Trinajstić information content (AvgIpc) is 2.64. The Morgan fingerprint density at radius 3 is 2.59 bits per heavy atom. The van der Waals surface area contributed by atoms with E-state index in [0.29, 0.717) is 31.1 Å². The standard InChI is InChI=1S/C18H27ClN4O4/c1-11(2)8-14(16(24)17(25)21-27)18(26)23-7-6-22(10-12(23)3)15-5-4-13(19)9-20-15/h4-5,9,11-12,14,16,24,27H,6-8,10H2,1-3H3,(H,21,25)/t12?,14-,16?/m0/s1. The second-order valence-electron chi connectivity index (χ2n) is 7.32. The molecule has 1 fully saturated rings. The van der Waals surface area contributed by atoms with Crippen molar-refractivity contribution >= 4 is 29.2 Å². The third kappa shape index (κ3) is 5.31. The van der Waals surface area contributed by atoms with Gasteiger partial charge >= 0.3 is 0 Å². The summed E-state index contributed by atoms with van der Waals surface area (Å²) < 4.78 is 0. The summed E-state index contributed by atoms with van der Waals surface area (Å²) in [6, 6.07) is 3.49. The number of halogens is 1. The minimum atomic E-state index is -1.59. The third-order valence-electron chi connectivity index (χ3n) is 4.75. The van der Waals surface area contributed by atoms with Gasteiger partial charge in [0.1, 0.15) is 11.9 Å². The number of pyridine rings is 1. The van der Waals surface area contributed by atoms with Gasteiger partial charge in [0.15, 0.2) is 0 Å². The Labute approximate surface area is 164 Å². The molecular formula is C18H27ClN4O4. The molecule has 1 aromatic heterocycles. The second kappa shape index (κ2) is 9.34. The van der Waals surface area contributed by atoms with Crippen LogP contribution < -0.4 is 10.4 Å². The normalized spacial score (nSPS) is 19.7. The molecule has 1 aliphatic rings. The molecule has 0 spiro atoms. The van der Waals surface area contributed by atoms with E-state index >= 15 is 0 Å². The maximum Gasteiger partial charge on any atom is 0.272 e. The summed E-state index contributed by atoms with van der Waals surface area (Å²) in [7, 11) is 0. The van der Waals surface area contributed by atoms with E-state index in [0.717, 1.165) is 5.82 Å². The second-order valence-corrected chi connectivity index (χ2v) is 7.75. The fourth-order valence-corrected chi connectivity index (χ4v) is 3.49. The summed E-state index contributed by atoms with van der Waals surface area (Å²) in [6.07, 6.45) is 0.341.